The second-order valence-corrected chi connectivity index (χ2v) is 7.86. The van der Waals surface area contributed by atoms with Crippen LogP contribution in [0.4, 0.5) is 0 Å². The predicted molar refractivity (Wildman–Crippen MR) is 96.3 cm³/mol. The first kappa shape index (κ1) is 15.2. The van der Waals surface area contributed by atoms with E-state index < -0.39 is 0 Å². The molecule has 0 bridgehead atoms. The highest BCUT2D eigenvalue weighted by Crippen LogP contribution is 2.36. The van der Waals surface area contributed by atoms with Gasteiger partial charge in [0.15, 0.2) is 0 Å². The van der Waals surface area contributed by atoms with Crippen molar-refractivity contribution < 1.29 is 0 Å². The lowest BCUT2D eigenvalue weighted by Gasteiger charge is -2.31. The first-order valence-corrected chi connectivity index (χ1v) is 9.86. The van der Waals surface area contributed by atoms with Gasteiger partial charge in [0.2, 0.25) is 0 Å². The van der Waals surface area contributed by atoms with Crippen LogP contribution in [0.2, 0.25) is 0 Å². The fourth-order valence-corrected chi connectivity index (χ4v) is 5.71. The Morgan fingerprint density at radius 2 is 2.29 bits per heavy atom. The van der Waals surface area contributed by atoms with E-state index in [1.807, 2.05) is 12.4 Å². The van der Waals surface area contributed by atoms with Crippen molar-refractivity contribution in [2.24, 2.45) is 0 Å². The van der Waals surface area contributed by atoms with Crippen LogP contribution in [0, 0.1) is 0 Å². The molecule has 4 heteroatoms. The Balaban J connectivity index is 1.96. The molecular formula is C17H22N2S2. The average molecular weight is 319 g/mol. The van der Waals surface area contributed by atoms with E-state index in [2.05, 4.69) is 65.0 Å². The Labute approximate surface area is 135 Å². The summed E-state index contributed by atoms with van der Waals surface area (Å²) in [7, 11) is 0. The number of fused-ring (bicyclic) bond motifs is 1. The predicted octanol–water partition coefficient (Wildman–Crippen LogP) is 4.12. The molecule has 0 radical (unpaired) electrons. The molecule has 0 saturated carbocycles. The van der Waals surface area contributed by atoms with E-state index in [1.54, 1.807) is 0 Å². The molecule has 3 rings (SSSR count). The van der Waals surface area contributed by atoms with Crippen LogP contribution in [0.15, 0.2) is 36.7 Å². The van der Waals surface area contributed by atoms with Gasteiger partial charge < -0.3 is 5.32 Å². The number of pyridine rings is 1. The number of benzene rings is 1. The van der Waals surface area contributed by atoms with Gasteiger partial charge in [0, 0.05) is 46.3 Å². The highest BCUT2D eigenvalue weighted by atomic mass is 32.2. The third kappa shape index (κ3) is 3.55. The topological polar surface area (TPSA) is 24.9 Å². The van der Waals surface area contributed by atoms with E-state index >= 15 is 0 Å². The highest BCUT2D eigenvalue weighted by Gasteiger charge is 2.26. The van der Waals surface area contributed by atoms with Gasteiger partial charge >= 0.3 is 0 Å². The molecular weight excluding hydrogens is 296 g/mol. The van der Waals surface area contributed by atoms with Crippen molar-refractivity contribution in [1.82, 2.24) is 10.3 Å². The Kier molecular flexibility index (Phi) is 5.44. The fraction of sp³-hybridized carbons (Fsp3) is 0.471. The number of aromatic nitrogens is 1. The van der Waals surface area contributed by atoms with Crippen molar-refractivity contribution in [2.75, 3.05) is 23.8 Å². The molecule has 2 aromatic rings. The lowest BCUT2D eigenvalue weighted by Crippen LogP contribution is -2.34. The molecule has 1 saturated heterocycles. The number of hydrogen-bond donors (Lipinski definition) is 1. The molecule has 0 aliphatic carbocycles. The van der Waals surface area contributed by atoms with Crippen LogP contribution in [-0.4, -0.2) is 34.0 Å². The largest absolute Gasteiger partial charge is 0.309 e. The molecule has 1 aromatic carbocycles. The first-order valence-electron chi connectivity index (χ1n) is 7.65. The van der Waals surface area contributed by atoms with Gasteiger partial charge in [-0.1, -0.05) is 25.1 Å². The molecule has 1 aliphatic heterocycles. The maximum atomic E-state index is 4.34. The summed E-state index contributed by atoms with van der Waals surface area (Å²) >= 11 is 4.21. The Morgan fingerprint density at radius 3 is 3.10 bits per heavy atom. The van der Waals surface area contributed by atoms with Gasteiger partial charge in [-0.2, -0.15) is 23.5 Å². The zero-order chi connectivity index (χ0) is 14.5. The molecule has 2 nitrogen and oxygen atoms in total. The van der Waals surface area contributed by atoms with Crippen LogP contribution in [-0.2, 0) is 0 Å². The fourth-order valence-electron chi connectivity index (χ4n) is 2.85. The Bertz CT molecular complexity index is 577. The molecule has 1 aromatic heterocycles. The van der Waals surface area contributed by atoms with E-state index in [0.29, 0.717) is 11.3 Å². The molecule has 2 atom stereocenters. The Morgan fingerprint density at radius 1 is 1.33 bits per heavy atom. The molecule has 0 spiro atoms. The number of hydrogen-bond acceptors (Lipinski definition) is 4. The van der Waals surface area contributed by atoms with Gasteiger partial charge in [0.1, 0.15) is 0 Å². The minimum absolute atomic E-state index is 0.427. The summed E-state index contributed by atoms with van der Waals surface area (Å²) in [6.45, 7) is 3.31. The zero-order valence-corrected chi connectivity index (χ0v) is 14.1. The Hall–Kier alpha value is -0.710. The van der Waals surface area contributed by atoms with Gasteiger partial charge in [-0.3, -0.25) is 4.98 Å². The second kappa shape index (κ2) is 7.52. The minimum Gasteiger partial charge on any atom is -0.309 e. The van der Waals surface area contributed by atoms with Crippen molar-refractivity contribution in [3.8, 4) is 0 Å². The van der Waals surface area contributed by atoms with E-state index in [9.17, 15) is 0 Å². The quantitative estimate of drug-likeness (QED) is 0.896. The summed E-state index contributed by atoms with van der Waals surface area (Å²) < 4.78 is 0. The average Bonchev–Trinajstić information content (AvgIpc) is 2.56. The van der Waals surface area contributed by atoms with Gasteiger partial charge in [-0.15, -0.1) is 0 Å². The van der Waals surface area contributed by atoms with Crippen molar-refractivity contribution in [2.45, 2.75) is 24.6 Å². The number of nitrogens with zero attached hydrogens (tertiary/aromatic N) is 1. The summed E-state index contributed by atoms with van der Waals surface area (Å²) in [6.07, 6.45) is 5.07. The van der Waals surface area contributed by atoms with E-state index in [-0.39, 0.29) is 0 Å². The highest BCUT2D eigenvalue weighted by molar-refractivity contribution is 8.06. The lowest BCUT2D eigenvalue weighted by atomic mass is 9.98. The first-order chi connectivity index (χ1) is 10.4. The van der Waals surface area contributed by atoms with Gasteiger partial charge in [0.05, 0.1) is 0 Å². The van der Waals surface area contributed by atoms with Crippen molar-refractivity contribution in [3.05, 3.63) is 42.2 Å². The van der Waals surface area contributed by atoms with Crippen molar-refractivity contribution >= 4 is 34.3 Å². The molecule has 2 unspecified atom stereocenters. The SMILES string of the molecule is CCCNC(c1cccc2ccncc12)C1CSCCS1. The third-order valence-corrected chi connectivity index (χ3v) is 6.74. The van der Waals surface area contributed by atoms with Crippen LogP contribution in [0.5, 0.6) is 0 Å². The standard InChI is InChI=1S/C17H22N2S2/c1-2-7-19-17(16-12-20-9-10-21-16)14-5-3-4-13-6-8-18-11-15(13)14/h3-6,8,11,16-17,19H,2,7,9-10,12H2,1H3. The summed E-state index contributed by atoms with van der Waals surface area (Å²) in [6, 6.07) is 9.17. The smallest absolute Gasteiger partial charge is 0.0455 e. The van der Waals surface area contributed by atoms with Crippen molar-refractivity contribution in [1.29, 1.82) is 0 Å². The zero-order valence-electron chi connectivity index (χ0n) is 12.4. The van der Waals surface area contributed by atoms with Gasteiger partial charge in [0.25, 0.3) is 0 Å². The van der Waals surface area contributed by atoms with Crippen LogP contribution >= 0.6 is 23.5 Å². The molecule has 21 heavy (non-hydrogen) atoms. The lowest BCUT2D eigenvalue weighted by molar-refractivity contribution is 0.533. The van der Waals surface area contributed by atoms with Crippen LogP contribution in [0.1, 0.15) is 24.9 Å². The van der Waals surface area contributed by atoms with Crippen LogP contribution in [0.25, 0.3) is 10.8 Å². The molecule has 0 amide bonds. The van der Waals surface area contributed by atoms with Crippen LogP contribution in [0.3, 0.4) is 0 Å². The van der Waals surface area contributed by atoms with Crippen LogP contribution < -0.4 is 5.32 Å². The molecule has 1 aliphatic rings. The number of rotatable bonds is 5. The molecule has 112 valence electrons. The summed E-state index contributed by atoms with van der Waals surface area (Å²) in [5.74, 6) is 3.80. The third-order valence-electron chi connectivity index (χ3n) is 3.88. The summed E-state index contributed by atoms with van der Waals surface area (Å²) in [4.78, 5) is 4.34. The monoisotopic (exact) mass is 318 g/mol. The van der Waals surface area contributed by atoms with Gasteiger partial charge in [-0.25, -0.2) is 0 Å². The maximum Gasteiger partial charge on any atom is 0.0455 e. The normalized spacial score (nSPS) is 20.5. The summed E-state index contributed by atoms with van der Waals surface area (Å²) in [5.41, 5.74) is 1.41. The molecule has 1 N–H and O–H groups in total. The van der Waals surface area contributed by atoms with E-state index in [4.69, 9.17) is 0 Å². The minimum atomic E-state index is 0.427. The van der Waals surface area contributed by atoms with Crippen molar-refractivity contribution in [3.63, 3.8) is 0 Å². The molecule has 1 fully saturated rings. The number of thioether (sulfide) groups is 2. The molecule has 2 heterocycles. The van der Waals surface area contributed by atoms with E-state index in [1.165, 1.54) is 40.0 Å². The van der Waals surface area contributed by atoms with Gasteiger partial charge in [-0.05, 0) is 30.0 Å². The van der Waals surface area contributed by atoms with E-state index in [0.717, 1.165) is 6.54 Å². The number of nitrogens with one attached hydrogen (secondary N) is 1. The second-order valence-electron chi connectivity index (χ2n) is 5.36. The summed E-state index contributed by atoms with van der Waals surface area (Å²) in [5, 5.41) is 7.03. The maximum absolute atomic E-state index is 4.34.